The Kier molecular flexibility index (Phi) is 3.90. The molecule has 3 amide bonds. The summed E-state index contributed by atoms with van der Waals surface area (Å²) in [6.45, 7) is 0. The average Bonchev–Trinajstić information content (AvgIpc) is 2.96. The van der Waals surface area contributed by atoms with E-state index in [0.717, 1.165) is 16.4 Å². The van der Waals surface area contributed by atoms with Gasteiger partial charge < -0.3 is 5.32 Å². The minimum atomic E-state index is -4.47. The Balaban J connectivity index is 1.46. The van der Waals surface area contributed by atoms with Gasteiger partial charge in [0, 0.05) is 17.0 Å². The summed E-state index contributed by atoms with van der Waals surface area (Å²) in [7, 11) is 0. The van der Waals surface area contributed by atoms with Crippen LogP contribution >= 0.6 is 0 Å². The molecule has 1 aliphatic heterocycles. The summed E-state index contributed by atoms with van der Waals surface area (Å²) < 4.78 is 40.1. The second-order valence-corrected chi connectivity index (χ2v) is 7.72. The number of pyridine rings is 1. The molecule has 1 N–H and O–H groups in total. The molecule has 2 aromatic carbocycles. The molecule has 0 bridgehead atoms. The molecule has 2 heterocycles. The Morgan fingerprint density at radius 2 is 1.70 bits per heavy atom. The second kappa shape index (κ2) is 6.29. The van der Waals surface area contributed by atoms with E-state index in [1.165, 1.54) is 18.3 Å². The largest absolute Gasteiger partial charge is 0.416 e. The fourth-order valence-corrected chi connectivity index (χ4v) is 4.51. The van der Waals surface area contributed by atoms with E-state index in [2.05, 4.69) is 10.3 Å². The van der Waals surface area contributed by atoms with Gasteiger partial charge >= 0.3 is 12.2 Å². The topological polar surface area (TPSA) is 62.3 Å². The van der Waals surface area contributed by atoms with Gasteiger partial charge in [-0.15, -0.1) is 0 Å². The van der Waals surface area contributed by atoms with E-state index >= 15 is 0 Å². The van der Waals surface area contributed by atoms with Gasteiger partial charge in [-0.1, -0.05) is 42.5 Å². The lowest BCUT2D eigenvalue weighted by molar-refractivity contribution is -0.138. The normalized spacial score (nSPS) is 23.7. The Hall–Kier alpha value is -3.42. The van der Waals surface area contributed by atoms with Crippen LogP contribution in [0.25, 0.3) is 10.8 Å². The number of aromatic nitrogens is 1. The summed E-state index contributed by atoms with van der Waals surface area (Å²) >= 11 is 0. The molecule has 1 aromatic heterocycles. The maximum atomic E-state index is 13.4. The molecule has 1 saturated carbocycles. The number of anilines is 1. The van der Waals surface area contributed by atoms with Crippen LogP contribution in [-0.4, -0.2) is 22.5 Å². The van der Waals surface area contributed by atoms with Crippen LogP contribution in [0.15, 0.2) is 60.9 Å². The van der Waals surface area contributed by atoms with Gasteiger partial charge in [0.2, 0.25) is 0 Å². The number of fused-ring (bicyclic) bond motifs is 1. The molecular weight excluding hydrogens is 395 g/mol. The third kappa shape index (κ3) is 2.67. The number of rotatable bonds is 2. The average molecular weight is 411 g/mol. The van der Waals surface area contributed by atoms with E-state index in [4.69, 9.17) is 0 Å². The van der Waals surface area contributed by atoms with Crippen LogP contribution in [0, 0.1) is 0 Å². The van der Waals surface area contributed by atoms with Gasteiger partial charge in [0.25, 0.3) is 5.91 Å². The number of benzene rings is 2. The number of nitrogens with zero attached hydrogens (tertiary/aromatic N) is 2. The smallest absolute Gasteiger partial charge is 0.323 e. The summed E-state index contributed by atoms with van der Waals surface area (Å²) in [5.74, 6) is -0.913. The first-order valence-corrected chi connectivity index (χ1v) is 9.46. The summed E-state index contributed by atoms with van der Waals surface area (Å²) in [4.78, 5) is 31.1. The lowest BCUT2D eigenvalue weighted by Gasteiger charge is -2.43. The SMILES string of the molecule is O=C1NC2(CC(c3ccccc3C(F)(F)F)C2)C(=O)N1c1cncc2ccccc12. The minimum absolute atomic E-state index is 0.124. The summed E-state index contributed by atoms with van der Waals surface area (Å²) in [6.07, 6.45) is -1.13. The monoisotopic (exact) mass is 411 g/mol. The minimum Gasteiger partial charge on any atom is -0.323 e. The second-order valence-electron chi connectivity index (χ2n) is 7.72. The van der Waals surface area contributed by atoms with E-state index in [1.54, 1.807) is 24.4 Å². The summed E-state index contributed by atoms with van der Waals surface area (Å²) in [5, 5.41) is 4.20. The van der Waals surface area contributed by atoms with Gasteiger partial charge in [-0.05, 0) is 30.4 Å². The van der Waals surface area contributed by atoms with Crippen LogP contribution in [0.1, 0.15) is 29.9 Å². The highest BCUT2D eigenvalue weighted by molar-refractivity contribution is 6.26. The molecule has 1 spiro atoms. The maximum absolute atomic E-state index is 13.4. The first-order valence-electron chi connectivity index (χ1n) is 9.46. The van der Waals surface area contributed by atoms with E-state index in [9.17, 15) is 22.8 Å². The highest BCUT2D eigenvalue weighted by atomic mass is 19.4. The van der Waals surface area contributed by atoms with Crippen LogP contribution in [0.5, 0.6) is 0 Å². The number of carbonyl (C=O) groups excluding carboxylic acids is 2. The van der Waals surface area contributed by atoms with Crippen molar-refractivity contribution in [3.63, 3.8) is 0 Å². The molecule has 152 valence electrons. The van der Waals surface area contributed by atoms with Gasteiger partial charge in [0.15, 0.2) is 0 Å². The van der Waals surface area contributed by atoms with Crippen LogP contribution in [0.3, 0.4) is 0 Å². The Morgan fingerprint density at radius 3 is 2.47 bits per heavy atom. The number of carbonyl (C=O) groups is 2. The molecular formula is C22H16F3N3O2. The Morgan fingerprint density at radius 1 is 1.00 bits per heavy atom. The lowest BCUT2D eigenvalue weighted by atomic mass is 9.64. The van der Waals surface area contributed by atoms with Crippen molar-refractivity contribution in [3.05, 3.63) is 72.1 Å². The van der Waals surface area contributed by atoms with Gasteiger partial charge in [-0.25, -0.2) is 9.69 Å². The van der Waals surface area contributed by atoms with Crippen LogP contribution in [0.2, 0.25) is 0 Å². The highest BCUT2D eigenvalue weighted by Crippen LogP contribution is 2.51. The van der Waals surface area contributed by atoms with Crippen molar-refractivity contribution >= 4 is 28.4 Å². The van der Waals surface area contributed by atoms with E-state index in [1.807, 2.05) is 12.1 Å². The first kappa shape index (κ1) is 18.6. The molecule has 0 unspecified atom stereocenters. The molecule has 30 heavy (non-hydrogen) atoms. The van der Waals surface area contributed by atoms with Crippen molar-refractivity contribution in [2.24, 2.45) is 0 Å². The van der Waals surface area contributed by atoms with Gasteiger partial charge in [-0.2, -0.15) is 13.2 Å². The molecule has 0 atom stereocenters. The first-order chi connectivity index (χ1) is 14.3. The predicted octanol–water partition coefficient (Wildman–Crippen LogP) is 4.63. The fourth-order valence-electron chi connectivity index (χ4n) is 4.51. The lowest BCUT2D eigenvalue weighted by Crippen LogP contribution is -2.56. The van der Waals surface area contributed by atoms with Crippen molar-refractivity contribution in [3.8, 4) is 0 Å². The van der Waals surface area contributed by atoms with Crippen LogP contribution in [-0.2, 0) is 11.0 Å². The molecule has 2 aliphatic rings. The summed E-state index contributed by atoms with van der Waals surface area (Å²) in [5.41, 5.74) is -1.36. The zero-order chi connectivity index (χ0) is 21.1. The quantitative estimate of drug-likeness (QED) is 0.626. The standard InChI is InChI=1S/C22H16F3N3O2/c23-22(24,25)17-8-4-3-6-15(17)14-9-21(10-14)19(29)28(20(30)27-21)18-12-26-11-13-5-1-2-7-16(13)18/h1-8,11-12,14H,9-10H2,(H,27,30). The molecule has 2 fully saturated rings. The zero-order valence-electron chi connectivity index (χ0n) is 15.6. The van der Waals surface area contributed by atoms with Crippen molar-refractivity contribution in [2.45, 2.75) is 30.5 Å². The number of imide groups is 1. The number of amides is 3. The Bertz CT molecular complexity index is 1180. The van der Waals surface area contributed by atoms with E-state index in [-0.39, 0.29) is 18.4 Å². The molecule has 5 nitrogen and oxygen atoms in total. The van der Waals surface area contributed by atoms with E-state index < -0.39 is 35.1 Å². The van der Waals surface area contributed by atoms with Crippen molar-refractivity contribution in [2.75, 3.05) is 4.90 Å². The fraction of sp³-hybridized carbons (Fsp3) is 0.227. The van der Waals surface area contributed by atoms with Crippen molar-refractivity contribution in [1.29, 1.82) is 0 Å². The van der Waals surface area contributed by atoms with Gasteiger partial charge in [0.05, 0.1) is 17.4 Å². The maximum Gasteiger partial charge on any atom is 0.416 e. The van der Waals surface area contributed by atoms with Crippen LogP contribution < -0.4 is 10.2 Å². The number of urea groups is 1. The summed E-state index contributed by atoms with van der Waals surface area (Å²) in [6, 6.07) is 12.0. The van der Waals surface area contributed by atoms with Crippen molar-refractivity contribution in [1.82, 2.24) is 10.3 Å². The Labute approximate surface area is 169 Å². The molecule has 3 aromatic rings. The number of alkyl halides is 3. The molecule has 5 rings (SSSR count). The molecule has 8 heteroatoms. The highest BCUT2D eigenvalue weighted by Gasteiger charge is 2.60. The number of hydrogen-bond acceptors (Lipinski definition) is 3. The molecule has 1 aliphatic carbocycles. The van der Waals surface area contributed by atoms with Crippen LogP contribution in [0.4, 0.5) is 23.7 Å². The van der Waals surface area contributed by atoms with Crippen molar-refractivity contribution < 1.29 is 22.8 Å². The zero-order valence-corrected chi connectivity index (χ0v) is 15.6. The third-order valence-corrected chi connectivity index (χ3v) is 5.95. The predicted molar refractivity (Wildman–Crippen MR) is 104 cm³/mol. The van der Waals surface area contributed by atoms with E-state index in [0.29, 0.717) is 11.1 Å². The third-order valence-electron chi connectivity index (χ3n) is 5.95. The van der Waals surface area contributed by atoms with Gasteiger partial charge in [0.1, 0.15) is 5.54 Å². The number of hydrogen-bond donors (Lipinski definition) is 1. The number of nitrogens with one attached hydrogen (secondary N) is 1. The molecule has 1 saturated heterocycles. The molecule has 0 radical (unpaired) electrons. The number of halogens is 3. The van der Waals surface area contributed by atoms with Gasteiger partial charge in [-0.3, -0.25) is 9.78 Å².